The van der Waals surface area contributed by atoms with Crippen LogP contribution in [0.3, 0.4) is 0 Å². The molecule has 11 rings (SSSR count). The van der Waals surface area contributed by atoms with Crippen LogP contribution in [0.4, 0.5) is 0 Å². The Hall–Kier alpha value is -6.96. The fourth-order valence-electron chi connectivity index (χ4n) is 7.47. The first kappa shape index (κ1) is 16.6. The largest absolute Gasteiger partial charge is 0.455 e. The van der Waals surface area contributed by atoms with Gasteiger partial charge in [0.25, 0.3) is 0 Å². The molecule has 0 aliphatic heterocycles. The molecule has 0 spiro atoms. The van der Waals surface area contributed by atoms with Crippen molar-refractivity contribution < 1.29 is 30.5 Å². The second-order valence-corrected chi connectivity index (χ2v) is 12.5. The molecule has 1 heteroatoms. The van der Waals surface area contributed by atoms with Crippen molar-refractivity contribution in [1.82, 2.24) is 0 Å². The molecule has 0 N–H and O–H groups in total. The first-order valence-corrected chi connectivity index (χ1v) is 16.7. The number of furan rings is 1. The van der Waals surface area contributed by atoms with E-state index in [1.165, 1.54) is 0 Å². The third-order valence-corrected chi connectivity index (χ3v) is 9.74. The van der Waals surface area contributed by atoms with Gasteiger partial charge in [-0.2, -0.15) is 0 Å². The van der Waals surface area contributed by atoms with Crippen molar-refractivity contribution in [3.63, 3.8) is 0 Å². The Morgan fingerprint density at radius 1 is 0.340 bits per heavy atom. The lowest BCUT2D eigenvalue weighted by molar-refractivity contribution is 0.670. The lowest BCUT2D eigenvalue weighted by Crippen LogP contribution is -1.92. The zero-order valence-corrected chi connectivity index (χ0v) is 27.4. The SMILES string of the molecule is [2H]c1c([2H])c([2H])c(-c2c3c([2H])c([2H])c([2H])c([2H])c3c(-c3c([2H])c([2H])c(-c4ccc5c(c4)oc4c(-c6cccc7ccccc67)cccc45)c4c([2H])c([2H])c([2H])c([2H])c34)c3c([2H])c([2H])c([2H])c([2H])c23)c([2H])c1[2H]. The summed E-state index contributed by atoms with van der Waals surface area (Å²) in [5, 5.41) is 0.426. The predicted molar refractivity (Wildman–Crippen MR) is 225 cm³/mol. The highest BCUT2D eigenvalue weighted by atomic mass is 16.3. The van der Waals surface area contributed by atoms with Crippen LogP contribution in [0.1, 0.15) is 26.0 Å². The average Bonchev–Trinajstić information content (AvgIpc) is 3.76. The summed E-state index contributed by atoms with van der Waals surface area (Å²) in [4.78, 5) is 0. The van der Waals surface area contributed by atoms with E-state index < -0.39 is 164 Å². The molecule has 0 amide bonds. The van der Waals surface area contributed by atoms with Crippen LogP contribution < -0.4 is 0 Å². The number of hydrogen-bond donors (Lipinski definition) is 0. The van der Waals surface area contributed by atoms with E-state index in [9.17, 15) is 11.0 Å². The zero-order valence-electron chi connectivity index (χ0n) is 46.4. The van der Waals surface area contributed by atoms with Crippen LogP contribution in [0, 0.1) is 0 Å². The average molecular weight is 692 g/mol. The molecule has 1 heterocycles. The molecule has 0 atom stereocenters. The lowest BCUT2D eigenvalue weighted by Gasteiger charge is -2.19. The molecule has 53 heavy (non-hydrogen) atoms. The molecule has 11 aromatic rings. The van der Waals surface area contributed by atoms with Crippen molar-refractivity contribution in [3.05, 3.63) is 194 Å². The minimum absolute atomic E-state index is 0.143. The number of fused-ring (bicyclic) bond motifs is 7. The van der Waals surface area contributed by atoms with E-state index in [2.05, 4.69) is 0 Å². The van der Waals surface area contributed by atoms with Crippen LogP contribution in [-0.2, 0) is 0 Å². The fourth-order valence-corrected chi connectivity index (χ4v) is 7.47. The first-order valence-electron chi connectivity index (χ1n) is 26.2. The van der Waals surface area contributed by atoms with Crippen LogP contribution in [0.2, 0.25) is 0 Å². The van der Waals surface area contributed by atoms with Crippen molar-refractivity contribution in [2.24, 2.45) is 0 Å². The zero-order chi connectivity index (χ0) is 51.4. The predicted octanol–water partition coefficient (Wildman–Crippen LogP) is 14.9. The van der Waals surface area contributed by atoms with Crippen molar-refractivity contribution in [1.29, 1.82) is 0 Å². The van der Waals surface area contributed by atoms with E-state index in [1.54, 1.807) is 18.2 Å². The maximum absolute atomic E-state index is 9.91. The van der Waals surface area contributed by atoms with Gasteiger partial charge < -0.3 is 4.42 Å². The van der Waals surface area contributed by atoms with Gasteiger partial charge in [0.05, 0.1) is 26.0 Å². The summed E-state index contributed by atoms with van der Waals surface area (Å²) in [6, 6.07) is 9.12. The Kier molecular flexibility index (Phi) is 3.69. The molecule has 0 unspecified atom stereocenters. The Morgan fingerprint density at radius 2 is 0.906 bits per heavy atom. The second-order valence-electron chi connectivity index (χ2n) is 12.5. The topological polar surface area (TPSA) is 13.1 Å². The summed E-state index contributed by atoms with van der Waals surface area (Å²) < 4.78 is 180. The Labute approximate surface area is 333 Å². The second kappa shape index (κ2) is 11.8. The van der Waals surface area contributed by atoms with Gasteiger partial charge in [0.2, 0.25) is 0 Å². The van der Waals surface area contributed by atoms with Crippen LogP contribution in [0.5, 0.6) is 0 Å². The number of hydrogen-bond acceptors (Lipinski definition) is 1. The molecule has 0 saturated carbocycles. The van der Waals surface area contributed by atoms with E-state index in [-0.39, 0.29) is 16.5 Å². The summed E-state index contributed by atoms with van der Waals surface area (Å²) in [5.74, 6) is 0. The molecule has 0 saturated heterocycles. The molecule has 0 radical (unpaired) electrons. The Balaban J connectivity index is 1.32. The van der Waals surface area contributed by atoms with Gasteiger partial charge in [-0.05, 0) is 94.2 Å². The van der Waals surface area contributed by atoms with Gasteiger partial charge in [0.1, 0.15) is 11.2 Å². The van der Waals surface area contributed by atoms with Crippen LogP contribution in [0.25, 0.3) is 110 Å². The van der Waals surface area contributed by atoms with E-state index >= 15 is 0 Å². The Bertz CT molecular complexity index is 4220. The molecule has 246 valence electrons. The monoisotopic (exact) mass is 691 g/mol. The number of rotatable bonds is 4. The van der Waals surface area contributed by atoms with Crippen molar-refractivity contribution >= 4 is 65.0 Å². The molecule has 1 aromatic heterocycles. The van der Waals surface area contributed by atoms with Gasteiger partial charge in [-0.15, -0.1) is 0 Å². The molecular weight excluding hydrogens is 641 g/mol. The smallest absolute Gasteiger partial charge is 0.143 e. The lowest BCUT2D eigenvalue weighted by atomic mass is 9.84. The van der Waals surface area contributed by atoms with Crippen LogP contribution >= 0.6 is 0 Å². The molecule has 1 nitrogen and oxygen atoms in total. The van der Waals surface area contributed by atoms with Gasteiger partial charge in [-0.25, -0.2) is 0 Å². The van der Waals surface area contributed by atoms with Gasteiger partial charge in [0, 0.05) is 16.3 Å². The maximum atomic E-state index is 9.91. The summed E-state index contributed by atoms with van der Waals surface area (Å²) in [5.41, 5.74) is 0.352. The van der Waals surface area contributed by atoms with Crippen LogP contribution in [0.15, 0.2) is 198 Å². The highest BCUT2D eigenvalue weighted by molar-refractivity contribution is 6.24. The quantitative estimate of drug-likeness (QED) is 0.167. The van der Waals surface area contributed by atoms with Gasteiger partial charge in [0.15, 0.2) is 0 Å². The Morgan fingerprint density at radius 3 is 1.66 bits per heavy atom. The minimum atomic E-state index is -0.871. The van der Waals surface area contributed by atoms with E-state index in [1.807, 2.05) is 60.7 Å². The summed E-state index contributed by atoms with van der Waals surface area (Å²) >= 11 is 0. The highest BCUT2D eigenvalue weighted by Crippen LogP contribution is 2.47. The standard InChI is InChI=1S/C52H32O/c1-2-15-34(16-3-1)50-42-21-8-10-23-44(42)51(45-24-11-9-22-43(45)50)46-31-30-37(38-19-6-7-20-40(38)46)35-28-29-41-48-27-13-26-47(52(48)53-49(41)32-35)39-25-12-17-33-14-4-5-18-36(33)39/h1-32H/i1D,2D,3D,6D,7D,8D,9D,10D,11D,15D,16D,19D,20D,21D,22D,23D,24D,30D,31D. The van der Waals surface area contributed by atoms with Crippen molar-refractivity contribution in [2.45, 2.75) is 0 Å². The van der Waals surface area contributed by atoms with E-state index in [4.69, 9.17) is 19.5 Å². The fraction of sp³-hybridized carbons (Fsp3) is 0. The van der Waals surface area contributed by atoms with Gasteiger partial charge in [-0.3, -0.25) is 0 Å². The summed E-state index contributed by atoms with van der Waals surface area (Å²) in [7, 11) is 0. The third-order valence-electron chi connectivity index (χ3n) is 9.74. The van der Waals surface area contributed by atoms with E-state index in [0.717, 1.165) is 27.3 Å². The summed E-state index contributed by atoms with van der Waals surface area (Å²) in [6.45, 7) is 0. The molecule has 10 aromatic carbocycles. The third kappa shape index (κ3) is 4.58. The van der Waals surface area contributed by atoms with Gasteiger partial charge in [-0.1, -0.05) is 182 Å². The molecule has 0 aliphatic carbocycles. The summed E-state index contributed by atoms with van der Waals surface area (Å²) in [6.07, 6.45) is 0. The van der Waals surface area contributed by atoms with Crippen LogP contribution in [-0.4, -0.2) is 0 Å². The van der Waals surface area contributed by atoms with E-state index in [0.29, 0.717) is 16.6 Å². The molecule has 0 fully saturated rings. The maximum Gasteiger partial charge on any atom is 0.143 e. The normalized spacial score (nSPS) is 16.8. The minimum Gasteiger partial charge on any atom is -0.455 e. The number of benzene rings is 10. The molecule has 0 bridgehead atoms. The highest BCUT2D eigenvalue weighted by Gasteiger charge is 2.20. The van der Waals surface area contributed by atoms with Crippen molar-refractivity contribution in [2.75, 3.05) is 0 Å². The molecule has 0 aliphatic rings. The van der Waals surface area contributed by atoms with Crippen molar-refractivity contribution in [3.8, 4) is 44.5 Å². The molecular formula is C52H32O. The van der Waals surface area contributed by atoms with Gasteiger partial charge >= 0.3 is 0 Å². The number of para-hydroxylation sites is 1. The first-order chi connectivity index (χ1) is 34.2.